The normalized spacial score (nSPS) is 18.2. The second-order valence-electron chi connectivity index (χ2n) is 5.38. The third-order valence-electron chi connectivity index (χ3n) is 3.27. The number of carbonyl (C=O) groups excluding carboxylic acids is 1. The van der Waals surface area contributed by atoms with Gasteiger partial charge in [0.2, 0.25) is 0 Å². The average Bonchev–Trinajstić information content (AvgIpc) is 2.36. The number of piperazine rings is 1. The summed E-state index contributed by atoms with van der Waals surface area (Å²) in [6, 6.07) is 4.32. The van der Waals surface area contributed by atoms with E-state index >= 15 is 0 Å². The lowest BCUT2D eigenvalue weighted by Crippen LogP contribution is -2.58. The highest BCUT2D eigenvalue weighted by atomic mass is 19.1. The molecule has 0 saturated carbocycles. The van der Waals surface area contributed by atoms with E-state index in [1.807, 2.05) is 13.8 Å². The molecule has 1 aliphatic rings. The number of methoxy groups -OCH3 is 1. The van der Waals surface area contributed by atoms with E-state index in [2.05, 4.69) is 5.32 Å². The lowest BCUT2D eigenvalue weighted by Gasteiger charge is -2.39. The van der Waals surface area contributed by atoms with Crippen LogP contribution in [0.4, 0.5) is 4.39 Å². The van der Waals surface area contributed by atoms with E-state index in [0.29, 0.717) is 18.8 Å². The molecule has 2 rings (SSSR count). The monoisotopic (exact) mass is 266 g/mol. The van der Waals surface area contributed by atoms with Crippen LogP contribution >= 0.6 is 0 Å². The van der Waals surface area contributed by atoms with Crippen LogP contribution in [0.1, 0.15) is 24.2 Å². The molecule has 1 amide bonds. The lowest BCUT2D eigenvalue weighted by molar-refractivity contribution is 0.0647. The van der Waals surface area contributed by atoms with Crippen LogP contribution in [0.5, 0.6) is 5.75 Å². The van der Waals surface area contributed by atoms with Gasteiger partial charge in [0.25, 0.3) is 5.91 Å². The third kappa shape index (κ3) is 3.04. The molecule has 1 aromatic carbocycles. The van der Waals surface area contributed by atoms with E-state index in [9.17, 15) is 9.18 Å². The van der Waals surface area contributed by atoms with Crippen molar-refractivity contribution in [2.75, 3.05) is 26.7 Å². The average molecular weight is 266 g/mol. The molecule has 19 heavy (non-hydrogen) atoms. The highest BCUT2D eigenvalue weighted by Gasteiger charge is 2.30. The van der Waals surface area contributed by atoms with Gasteiger partial charge < -0.3 is 15.0 Å². The zero-order valence-electron chi connectivity index (χ0n) is 11.5. The topological polar surface area (TPSA) is 41.6 Å². The summed E-state index contributed by atoms with van der Waals surface area (Å²) in [7, 11) is 1.47. The van der Waals surface area contributed by atoms with Crippen LogP contribution in [0.25, 0.3) is 0 Å². The van der Waals surface area contributed by atoms with E-state index in [-0.39, 0.29) is 17.0 Å². The maximum Gasteiger partial charge on any atom is 0.256 e. The number of ether oxygens (including phenoxy) is 1. The molecule has 104 valence electrons. The van der Waals surface area contributed by atoms with Gasteiger partial charge in [0, 0.05) is 31.2 Å². The van der Waals surface area contributed by atoms with E-state index in [1.54, 1.807) is 11.0 Å². The van der Waals surface area contributed by atoms with E-state index in [1.165, 1.54) is 19.2 Å². The summed E-state index contributed by atoms with van der Waals surface area (Å²) < 4.78 is 18.8. The molecular formula is C14H19FN2O2. The fourth-order valence-electron chi connectivity index (χ4n) is 2.28. The number of hydrogen-bond donors (Lipinski definition) is 1. The van der Waals surface area contributed by atoms with Gasteiger partial charge in [-0.3, -0.25) is 4.79 Å². The summed E-state index contributed by atoms with van der Waals surface area (Å²) >= 11 is 0. The molecule has 0 unspecified atom stereocenters. The first kappa shape index (κ1) is 13.8. The molecule has 0 radical (unpaired) electrons. The molecule has 1 aromatic rings. The maximum atomic E-state index is 13.9. The van der Waals surface area contributed by atoms with Crippen molar-refractivity contribution in [2.24, 2.45) is 0 Å². The Labute approximate surface area is 112 Å². The number of hydrogen-bond acceptors (Lipinski definition) is 3. The smallest absolute Gasteiger partial charge is 0.256 e. The summed E-state index contributed by atoms with van der Waals surface area (Å²) in [4.78, 5) is 14.0. The Hall–Kier alpha value is -1.62. The maximum absolute atomic E-state index is 13.9. The van der Waals surface area contributed by atoms with Crippen LogP contribution in [0.2, 0.25) is 0 Å². The van der Waals surface area contributed by atoms with Crippen LogP contribution in [0.3, 0.4) is 0 Å². The Kier molecular flexibility index (Phi) is 3.75. The van der Waals surface area contributed by atoms with Gasteiger partial charge in [-0.1, -0.05) is 0 Å². The molecule has 1 aliphatic heterocycles. The Balaban J connectivity index is 2.20. The van der Waals surface area contributed by atoms with Crippen LogP contribution in [0, 0.1) is 5.82 Å². The second-order valence-corrected chi connectivity index (χ2v) is 5.38. The van der Waals surface area contributed by atoms with Crippen LogP contribution in [0.15, 0.2) is 18.2 Å². The van der Waals surface area contributed by atoms with Crippen LogP contribution in [-0.4, -0.2) is 43.1 Å². The van der Waals surface area contributed by atoms with Crippen molar-refractivity contribution in [3.8, 4) is 5.75 Å². The summed E-state index contributed by atoms with van der Waals surface area (Å²) in [6.45, 7) is 5.93. The minimum atomic E-state index is -0.541. The summed E-state index contributed by atoms with van der Waals surface area (Å²) in [5.41, 5.74) is -0.0462. The molecule has 0 spiro atoms. The van der Waals surface area contributed by atoms with Gasteiger partial charge in [-0.2, -0.15) is 0 Å². The number of nitrogens with one attached hydrogen (secondary N) is 1. The Morgan fingerprint density at radius 1 is 1.47 bits per heavy atom. The van der Waals surface area contributed by atoms with Gasteiger partial charge in [-0.15, -0.1) is 0 Å². The van der Waals surface area contributed by atoms with Crippen molar-refractivity contribution < 1.29 is 13.9 Å². The van der Waals surface area contributed by atoms with Gasteiger partial charge >= 0.3 is 0 Å². The van der Waals surface area contributed by atoms with Crippen molar-refractivity contribution >= 4 is 5.91 Å². The first-order valence-electron chi connectivity index (χ1n) is 6.31. The molecule has 1 fully saturated rings. The van der Waals surface area contributed by atoms with Crippen molar-refractivity contribution in [1.29, 1.82) is 0 Å². The third-order valence-corrected chi connectivity index (χ3v) is 3.27. The Bertz CT molecular complexity index is 488. The number of benzene rings is 1. The summed E-state index contributed by atoms with van der Waals surface area (Å²) in [5, 5.41) is 3.32. The molecule has 1 saturated heterocycles. The van der Waals surface area contributed by atoms with Crippen molar-refractivity contribution in [2.45, 2.75) is 19.4 Å². The van der Waals surface area contributed by atoms with Gasteiger partial charge in [0.05, 0.1) is 12.7 Å². The molecule has 0 aromatic heterocycles. The van der Waals surface area contributed by atoms with Crippen molar-refractivity contribution in [3.63, 3.8) is 0 Å². The predicted octanol–water partition coefficient (Wildman–Crippen LogP) is 1.66. The fourth-order valence-corrected chi connectivity index (χ4v) is 2.28. The zero-order chi connectivity index (χ0) is 14.0. The molecule has 5 heteroatoms. The Morgan fingerprint density at radius 3 is 2.79 bits per heavy atom. The summed E-state index contributed by atoms with van der Waals surface area (Å²) in [5.74, 6) is -0.398. The van der Waals surface area contributed by atoms with Gasteiger partial charge in [0.1, 0.15) is 11.6 Å². The van der Waals surface area contributed by atoms with E-state index in [0.717, 1.165) is 6.54 Å². The van der Waals surface area contributed by atoms with E-state index in [4.69, 9.17) is 4.74 Å². The lowest BCUT2D eigenvalue weighted by atomic mass is 10.0. The quantitative estimate of drug-likeness (QED) is 0.885. The standard InChI is InChI=1S/C14H19FN2O2/c1-14(2)9-17(7-6-16-14)13(18)11-5-4-10(19-3)8-12(11)15/h4-5,8,16H,6-7,9H2,1-3H3. The number of halogens is 1. The second kappa shape index (κ2) is 5.17. The van der Waals surface area contributed by atoms with Crippen LogP contribution < -0.4 is 10.1 Å². The number of rotatable bonds is 2. The summed E-state index contributed by atoms with van der Waals surface area (Å²) in [6.07, 6.45) is 0. The minimum Gasteiger partial charge on any atom is -0.497 e. The zero-order valence-corrected chi connectivity index (χ0v) is 11.5. The molecule has 1 N–H and O–H groups in total. The molecule has 0 aliphatic carbocycles. The van der Waals surface area contributed by atoms with Crippen molar-refractivity contribution in [3.05, 3.63) is 29.6 Å². The molecule has 0 bridgehead atoms. The molecule has 4 nitrogen and oxygen atoms in total. The van der Waals surface area contributed by atoms with Gasteiger partial charge in [-0.05, 0) is 26.0 Å². The molecular weight excluding hydrogens is 247 g/mol. The molecule has 0 atom stereocenters. The van der Waals surface area contributed by atoms with Gasteiger partial charge in [-0.25, -0.2) is 4.39 Å². The Morgan fingerprint density at radius 2 is 2.21 bits per heavy atom. The fraction of sp³-hybridized carbons (Fsp3) is 0.500. The van der Waals surface area contributed by atoms with Gasteiger partial charge in [0.15, 0.2) is 0 Å². The number of amides is 1. The first-order valence-corrected chi connectivity index (χ1v) is 6.31. The van der Waals surface area contributed by atoms with Crippen LogP contribution in [-0.2, 0) is 0 Å². The highest BCUT2D eigenvalue weighted by Crippen LogP contribution is 2.19. The predicted molar refractivity (Wildman–Crippen MR) is 70.9 cm³/mol. The SMILES string of the molecule is COc1ccc(C(=O)N2CCNC(C)(C)C2)c(F)c1. The number of carbonyl (C=O) groups is 1. The van der Waals surface area contributed by atoms with E-state index < -0.39 is 5.82 Å². The number of nitrogens with zero attached hydrogens (tertiary/aromatic N) is 1. The first-order chi connectivity index (χ1) is 8.93. The van der Waals surface area contributed by atoms with Crippen molar-refractivity contribution in [1.82, 2.24) is 10.2 Å². The molecule has 1 heterocycles. The minimum absolute atomic E-state index is 0.0958. The highest BCUT2D eigenvalue weighted by molar-refractivity contribution is 5.94. The largest absolute Gasteiger partial charge is 0.497 e.